The highest BCUT2D eigenvalue weighted by atomic mass is 35.5. The van der Waals surface area contributed by atoms with Gasteiger partial charge >= 0.3 is 0 Å². The molecule has 1 saturated carbocycles. The van der Waals surface area contributed by atoms with E-state index in [0.29, 0.717) is 12.6 Å². The molecule has 0 radical (unpaired) electrons. The number of hydrogen-bond acceptors (Lipinski definition) is 1. The molecule has 0 bridgehead atoms. The molecule has 88 valence electrons. The van der Waals surface area contributed by atoms with Crippen molar-refractivity contribution in [3.8, 4) is 0 Å². The first kappa shape index (κ1) is 11.9. The molecule has 1 nitrogen and oxygen atoms in total. The summed E-state index contributed by atoms with van der Waals surface area (Å²) in [5.41, 5.74) is 1.11. The van der Waals surface area contributed by atoms with Crippen LogP contribution in [0.1, 0.15) is 25.8 Å². The van der Waals surface area contributed by atoms with Gasteiger partial charge in [0.15, 0.2) is 0 Å². The molecule has 0 heterocycles. The van der Waals surface area contributed by atoms with E-state index in [1.807, 2.05) is 6.07 Å². The third-order valence-corrected chi connectivity index (χ3v) is 4.33. The average Bonchev–Trinajstić information content (AvgIpc) is 2.24. The van der Waals surface area contributed by atoms with E-state index in [2.05, 4.69) is 19.2 Å². The topological polar surface area (TPSA) is 12.0 Å². The van der Waals surface area contributed by atoms with Crippen molar-refractivity contribution in [3.63, 3.8) is 0 Å². The summed E-state index contributed by atoms with van der Waals surface area (Å²) in [6, 6.07) is 7.13. The van der Waals surface area contributed by atoms with E-state index in [1.165, 1.54) is 6.07 Å². The first-order chi connectivity index (χ1) is 7.50. The molecule has 2 unspecified atom stereocenters. The maximum atomic E-state index is 13.0. The Bertz CT molecular complexity index is 378. The Balaban J connectivity index is 1.89. The number of alkyl halides is 1. The molecular weight excluding hydrogens is 225 g/mol. The summed E-state index contributed by atoms with van der Waals surface area (Å²) >= 11 is 6.14. The third-order valence-electron chi connectivity index (χ3n) is 3.59. The molecular formula is C13H17ClFN. The third kappa shape index (κ3) is 2.23. The van der Waals surface area contributed by atoms with Gasteiger partial charge in [0, 0.05) is 18.0 Å². The zero-order chi connectivity index (χ0) is 11.8. The SMILES string of the molecule is CC1(C)C(Cl)CC1NCc1cccc(F)c1. The Kier molecular flexibility index (Phi) is 3.22. The van der Waals surface area contributed by atoms with Crippen LogP contribution in [0.5, 0.6) is 0 Å². The number of rotatable bonds is 3. The van der Waals surface area contributed by atoms with Gasteiger partial charge in [0.2, 0.25) is 0 Å². The predicted octanol–water partition coefficient (Wildman–Crippen LogP) is 3.32. The van der Waals surface area contributed by atoms with Gasteiger partial charge in [-0.05, 0) is 29.5 Å². The Hall–Kier alpha value is -0.600. The van der Waals surface area contributed by atoms with E-state index in [1.54, 1.807) is 12.1 Å². The van der Waals surface area contributed by atoms with Crippen molar-refractivity contribution in [1.29, 1.82) is 0 Å². The molecule has 0 saturated heterocycles. The van der Waals surface area contributed by atoms with Crippen molar-refractivity contribution in [3.05, 3.63) is 35.6 Å². The van der Waals surface area contributed by atoms with Crippen LogP contribution in [0.25, 0.3) is 0 Å². The van der Waals surface area contributed by atoms with Crippen molar-refractivity contribution < 1.29 is 4.39 Å². The van der Waals surface area contributed by atoms with Crippen molar-refractivity contribution >= 4 is 11.6 Å². The molecule has 3 heteroatoms. The lowest BCUT2D eigenvalue weighted by molar-refractivity contribution is 0.115. The summed E-state index contributed by atoms with van der Waals surface area (Å²) in [6.45, 7) is 5.03. The van der Waals surface area contributed by atoms with E-state index in [4.69, 9.17) is 11.6 Å². The smallest absolute Gasteiger partial charge is 0.123 e. The van der Waals surface area contributed by atoms with E-state index < -0.39 is 0 Å². The Labute approximate surface area is 101 Å². The number of nitrogens with one attached hydrogen (secondary N) is 1. The van der Waals surface area contributed by atoms with Gasteiger partial charge in [0.05, 0.1) is 0 Å². The second-order valence-electron chi connectivity index (χ2n) is 5.09. The van der Waals surface area contributed by atoms with Crippen LogP contribution in [0, 0.1) is 11.2 Å². The second kappa shape index (κ2) is 4.34. The van der Waals surface area contributed by atoms with Gasteiger partial charge in [0.1, 0.15) is 5.82 Å². The molecule has 0 spiro atoms. The maximum Gasteiger partial charge on any atom is 0.123 e. The number of hydrogen-bond donors (Lipinski definition) is 1. The fraction of sp³-hybridized carbons (Fsp3) is 0.538. The van der Waals surface area contributed by atoms with Crippen LogP contribution in [-0.4, -0.2) is 11.4 Å². The Morgan fingerprint density at radius 1 is 1.50 bits per heavy atom. The number of benzene rings is 1. The fourth-order valence-electron chi connectivity index (χ4n) is 2.11. The Morgan fingerprint density at radius 2 is 2.25 bits per heavy atom. The molecule has 1 aromatic carbocycles. The first-order valence-corrected chi connectivity index (χ1v) is 6.05. The standard InChI is InChI=1S/C13H17ClFN/c1-13(2)11(14)7-12(13)16-8-9-4-3-5-10(15)6-9/h3-6,11-12,16H,7-8H2,1-2H3. The molecule has 1 aliphatic carbocycles. The molecule has 1 fully saturated rings. The van der Waals surface area contributed by atoms with E-state index in [-0.39, 0.29) is 16.6 Å². The average molecular weight is 242 g/mol. The van der Waals surface area contributed by atoms with Crippen molar-refractivity contribution in [1.82, 2.24) is 5.32 Å². The van der Waals surface area contributed by atoms with Gasteiger partial charge in [-0.1, -0.05) is 26.0 Å². The monoisotopic (exact) mass is 241 g/mol. The van der Waals surface area contributed by atoms with E-state index in [0.717, 1.165) is 12.0 Å². The van der Waals surface area contributed by atoms with Crippen LogP contribution < -0.4 is 5.32 Å². The molecule has 1 aromatic rings. The molecule has 1 N–H and O–H groups in total. The zero-order valence-electron chi connectivity index (χ0n) is 9.63. The highest BCUT2D eigenvalue weighted by molar-refractivity contribution is 6.21. The van der Waals surface area contributed by atoms with E-state index >= 15 is 0 Å². The quantitative estimate of drug-likeness (QED) is 0.801. The second-order valence-corrected chi connectivity index (χ2v) is 5.61. The summed E-state index contributed by atoms with van der Waals surface area (Å²) in [6.07, 6.45) is 0.990. The van der Waals surface area contributed by atoms with Gasteiger partial charge in [-0.25, -0.2) is 4.39 Å². The summed E-state index contributed by atoms with van der Waals surface area (Å²) in [5.74, 6) is -0.178. The minimum absolute atomic E-state index is 0.134. The molecule has 0 aliphatic heterocycles. The molecule has 2 rings (SSSR count). The van der Waals surface area contributed by atoms with Gasteiger partial charge in [-0.15, -0.1) is 11.6 Å². The molecule has 2 atom stereocenters. The van der Waals surface area contributed by atoms with Crippen LogP contribution in [0.2, 0.25) is 0 Å². The van der Waals surface area contributed by atoms with Crippen LogP contribution in [0.4, 0.5) is 4.39 Å². The zero-order valence-corrected chi connectivity index (χ0v) is 10.4. The van der Waals surface area contributed by atoms with Crippen LogP contribution >= 0.6 is 11.6 Å². The first-order valence-electron chi connectivity index (χ1n) is 5.62. The lowest BCUT2D eigenvalue weighted by Crippen LogP contribution is -2.57. The van der Waals surface area contributed by atoms with Crippen LogP contribution in [0.15, 0.2) is 24.3 Å². The summed E-state index contributed by atoms with van der Waals surface area (Å²) in [7, 11) is 0. The largest absolute Gasteiger partial charge is 0.309 e. The normalized spacial score (nSPS) is 27.5. The summed E-state index contributed by atoms with van der Waals surface area (Å²) in [5, 5.41) is 3.68. The van der Waals surface area contributed by atoms with Crippen molar-refractivity contribution in [2.45, 2.75) is 38.2 Å². The number of halogens is 2. The fourth-order valence-corrected chi connectivity index (χ4v) is 2.44. The molecule has 16 heavy (non-hydrogen) atoms. The minimum Gasteiger partial charge on any atom is -0.309 e. The van der Waals surface area contributed by atoms with Crippen molar-refractivity contribution in [2.24, 2.45) is 5.41 Å². The highest BCUT2D eigenvalue weighted by Crippen LogP contribution is 2.44. The van der Waals surface area contributed by atoms with Crippen LogP contribution in [0.3, 0.4) is 0 Å². The highest BCUT2D eigenvalue weighted by Gasteiger charge is 2.46. The van der Waals surface area contributed by atoms with Gasteiger partial charge in [0.25, 0.3) is 0 Å². The summed E-state index contributed by atoms with van der Waals surface area (Å²) < 4.78 is 13.0. The molecule has 0 amide bonds. The van der Waals surface area contributed by atoms with Gasteiger partial charge in [-0.3, -0.25) is 0 Å². The van der Waals surface area contributed by atoms with Gasteiger partial charge in [-0.2, -0.15) is 0 Å². The lowest BCUT2D eigenvalue weighted by atomic mass is 9.67. The molecule has 1 aliphatic rings. The van der Waals surface area contributed by atoms with Gasteiger partial charge < -0.3 is 5.32 Å². The lowest BCUT2D eigenvalue weighted by Gasteiger charge is -2.49. The summed E-state index contributed by atoms with van der Waals surface area (Å²) in [4.78, 5) is 0. The Morgan fingerprint density at radius 3 is 2.81 bits per heavy atom. The van der Waals surface area contributed by atoms with Crippen molar-refractivity contribution in [2.75, 3.05) is 0 Å². The predicted molar refractivity (Wildman–Crippen MR) is 65.1 cm³/mol. The van der Waals surface area contributed by atoms with Crippen LogP contribution in [-0.2, 0) is 6.54 Å². The molecule has 0 aromatic heterocycles. The van der Waals surface area contributed by atoms with E-state index in [9.17, 15) is 4.39 Å². The maximum absolute atomic E-state index is 13.0. The minimum atomic E-state index is -0.178.